The number of carbonyl (C=O) groups is 2. The molecule has 10 heteroatoms. The maximum Gasteiger partial charge on any atom is 0.319 e. The van der Waals surface area contributed by atoms with E-state index < -0.39 is 16.9 Å². The zero-order valence-electron chi connectivity index (χ0n) is 15.4. The number of amides is 3. The van der Waals surface area contributed by atoms with Gasteiger partial charge in [0.25, 0.3) is 11.6 Å². The van der Waals surface area contributed by atoms with Gasteiger partial charge in [0, 0.05) is 37.6 Å². The molecule has 0 fully saturated rings. The summed E-state index contributed by atoms with van der Waals surface area (Å²) in [5.41, 5.74) is 4.24. The number of hydrogen-bond acceptors (Lipinski definition) is 6. The zero-order valence-corrected chi connectivity index (χ0v) is 15.4. The molecule has 0 unspecified atom stereocenters. The van der Waals surface area contributed by atoms with E-state index in [1.165, 1.54) is 30.5 Å². The quantitative estimate of drug-likeness (QED) is 0.382. The lowest BCUT2D eigenvalue weighted by molar-refractivity contribution is -0.384. The number of benzene rings is 2. The monoisotopic (exact) mass is 384 g/mol. The summed E-state index contributed by atoms with van der Waals surface area (Å²) in [6, 6.07) is 12.4. The normalized spacial score (nSPS) is 10.4. The lowest BCUT2D eigenvalue weighted by Crippen LogP contribution is -2.37. The standard InChI is InChI=1S/C18H20N6O4/c1-23(2)15-8-6-13(7-9-15)11-20-22-17(25)12-19-18(26)21-14-4-3-5-16(10-14)24(27)28/h3-11H,12H2,1-2H3,(H,22,25)(H2,19,21,26)/b20-11-. The molecule has 0 saturated heterocycles. The van der Waals surface area contributed by atoms with Crippen LogP contribution in [0.1, 0.15) is 5.56 Å². The van der Waals surface area contributed by atoms with Crippen molar-refractivity contribution < 1.29 is 14.5 Å². The number of nitro groups is 1. The van der Waals surface area contributed by atoms with Gasteiger partial charge in [-0.25, -0.2) is 10.2 Å². The highest BCUT2D eigenvalue weighted by molar-refractivity contribution is 5.92. The van der Waals surface area contributed by atoms with Gasteiger partial charge in [0.05, 0.1) is 11.1 Å². The number of carbonyl (C=O) groups excluding carboxylic acids is 2. The molecule has 28 heavy (non-hydrogen) atoms. The second-order valence-electron chi connectivity index (χ2n) is 5.89. The molecule has 0 aliphatic carbocycles. The van der Waals surface area contributed by atoms with E-state index >= 15 is 0 Å². The summed E-state index contributed by atoms with van der Waals surface area (Å²) in [7, 11) is 3.87. The average molecular weight is 384 g/mol. The van der Waals surface area contributed by atoms with Gasteiger partial charge in [-0.2, -0.15) is 5.10 Å². The minimum Gasteiger partial charge on any atom is -0.378 e. The molecule has 0 spiro atoms. The Bertz CT molecular complexity index is 880. The minimum atomic E-state index is -0.668. The second-order valence-corrected chi connectivity index (χ2v) is 5.89. The Hall–Kier alpha value is -3.95. The fourth-order valence-electron chi connectivity index (χ4n) is 2.11. The van der Waals surface area contributed by atoms with Crippen LogP contribution in [0.4, 0.5) is 21.9 Å². The van der Waals surface area contributed by atoms with Crippen molar-refractivity contribution in [1.82, 2.24) is 10.7 Å². The van der Waals surface area contributed by atoms with Gasteiger partial charge in [-0.3, -0.25) is 14.9 Å². The van der Waals surface area contributed by atoms with Crippen molar-refractivity contribution in [2.75, 3.05) is 30.9 Å². The summed E-state index contributed by atoms with van der Waals surface area (Å²) < 4.78 is 0. The molecule has 0 atom stereocenters. The van der Waals surface area contributed by atoms with E-state index in [9.17, 15) is 19.7 Å². The van der Waals surface area contributed by atoms with Crippen LogP contribution in [0.5, 0.6) is 0 Å². The van der Waals surface area contributed by atoms with Gasteiger partial charge in [-0.15, -0.1) is 0 Å². The van der Waals surface area contributed by atoms with Crippen molar-refractivity contribution in [1.29, 1.82) is 0 Å². The molecule has 2 rings (SSSR count). The van der Waals surface area contributed by atoms with Crippen molar-refractivity contribution in [2.45, 2.75) is 0 Å². The number of urea groups is 1. The predicted molar refractivity (Wildman–Crippen MR) is 107 cm³/mol. The van der Waals surface area contributed by atoms with Gasteiger partial charge in [0.2, 0.25) is 0 Å². The molecule has 0 saturated carbocycles. The predicted octanol–water partition coefficient (Wildman–Crippen LogP) is 1.93. The lowest BCUT2D eigenvalue weighted by atomic mass is 10.2. The first-order valence-electron chi connectivity index (χ1n) is 8.24. The van der Waals surface area contributed by atoms with Crippen LogP contribution >= 0.6 is 0 Å². The summed E-state index contributed by atoms with van der Waals surface area (Å²) in [6.45, 7) is -0.308. The molecule has 10 nitrogen and oxygen atoms in total. The molecule has 0 heterocycles. The van der Waals surface area contributed by atoms with Gasteiger partial charge < -0.3 is 15.5 Å². The Morgan fingerprint density at radius 2 is 1.89 bits per heavy atom. The number of non-ortho nitro benzene ring substituents is 1. The number of rotatable bonds is 7. The van der Waals surface area contributed by atoms with Crippen molar-refractivity contribution in [3.8, 4) is 0 Å². The van der Waals surface area contributed by atoms with Crippen LogP contribution in [0.2, 0.25) is 0 Å². The van der Waals surface area contributed by atoms with Crippen molar-refractivity contribution in [2.24, 2.45) is 5.10 Å². The number of nitro benzene ring substituents is 1. The molecule has 0 aliphatic heterocycles. The molecule has 0 bridgehead atoms. The first-order chi connectivity index (χ1) is 13.3. The van der Waals surface area contributed by atoms with E-state index in [1.807, 2.05) is 43.3 Å². The largest absolute Gasteiger partial charge is 0.378 e. The Kier molecular flexibility index (Phi) is 7.03. The summed E-state index contributed by atoms with van der Waals surface area (Å²) in [5, 5.41) is 19.3. The molecule has 3 amide bonds. The number of anilines is 2. The number of hydrogen-bond donors (Lipinski definition) is 3. The minimum absolute atomic E-state index is 0.150. The van der Waals surface area contributed by atoms with E-state index in [-0.39, 0.29) is 17.9 Å². The summed E-state index contributed by atoms with van der Waals surface area (Å²) in [6.07, 6.45) is 1.49. The lowest BCUT2D eigenvalue weighted by Gasteiger charge is -2.11. The van der Waals surface area contributed by atoms with Gasteiger partial charge in [0.15, 0.2) is 0 Å². The Balaban J connectivity index is 1.76. The van der Waals surface area contributed by atoms with Crippen LogP contribution in [-0.4, -0.2) is 43.7 Å². The third-order valence-corrected chi connectivity index (χ3v) is 3.54. The van der Waals surface area contributed by atoms with E-state index in [1.54, 1.807) is 0 Å². The van der Waals surface area contributed by atoms with Crippen LogP contribution in [0, 0.1) is 10.1 Å². The highest BCUT2D eigenvalue weighted by atomic mass is 16.6. The van der Waals surface area contributed by atoms with Gasteiger partial charge in [0.1, 0.15) is 6.54 Å². The van der Waals surface area contributed by atoms with E-state index in [2.05, 4.69) is 21.2 Å². The Labute approximate surface area is 161 Å². The molecule has 3 N–H and O–H groups in total. The van der Waals surface area contributed by atoms with Gasteiger partial charge >= 0.3 is 6.03 Å². The first kappa shape index (κ1) is 20.4. The summed E-state index contributed by atoms with van der Waals surface area (Å²) in [4.78, 5) is 35.6. The zero-order chi connectivity index (χ0) is 20.5. The van der Waals surface area contributed by atoms with Crippen LogP contribution in [0.15, 0.2) is 53.6 Å². The molecule has 2 aromatic carbocycles. The third-order valence-electron chi connectivity index (χ3n) is 3.54. The topological polar surface area (TPSA) is 129 Å². The second kappa shape index (κ2) is 9.67. The van der Waals surface area contributed by atoms with Gasteiger partial charge in [-0.05, 0) is 23.8 Å². The molecule has 146 valence electrons. The SMILES string of the molecule is CN(C)c1ccc(/C=N\NC(=O)CNC(=O)Nc2cccc([N+](=O)[O-])c2)cc1. The van der Waals surface area contributed by atoms with E-state index in [0.717, 1.165) is 11.3 Å². The van der Waals surface area contributed by atoms with Gasteiger partial charge in [-0.1, -0.05) is 18.2 Å². The van der Waals surface area contributed by atoms with Crippen molar-refractivity contribution in [3.63, 3.8) is 0 Å². The Morgan fingerprint density at radius 1 is 1.18 bits per heavy atom. The highest BCUT2D eigenvalue weighted by Crippen LogP contribution is 2.16. The average Bonchev–Trinajstić information content (AvgIpc) is 2.67. The van der Waals surface area contributed by atoms with Crippen LogP contribution < -0.4 is 21.0 Å². The van der Waals surface area contributed by atoms with Crippen LogP contribution in [0.3, 0.4) is 0 Å². The number of nitrogens with one attached hydrogen (secondary N) is 3. The molecule has 2 aromatic rings. The maximum atomic E-state index is 11.8. The fourth-order valence-corrected chi connectivity index (χ4v) is 2.11. The smallest absolute Gasteiger partial charge is 0.319 e. The van der Waals surface area contributed by atoms with E-state index in [0.29, 0.717) is 0 Å². The van der Waals surface area contributed by atoms with E-state index in [4.69, 9.17) is 0 Å². The summed E-state index contributed by atoms with van der Waals surface area (Å²) >= 11 is 0. The first-order valence-corrected chi connectivity index (χ1v) is 8.24. The molecular formula is C18H20N6O4. The maximum absolute atomic E-state index is 11.8. The highest BCUT2D eigenvalue weighted by Gasteiger charge is 2.09. The van der Waals surface area contributed by atoms with Crippen LogP contribution in [-0.2, 0) is 4.79 Å². The fraction of sp³-hybridized carbons (Fsp3) is 0.167. The molecular weight excluding hydrogens is 364 g/mol. The summed E-state index contributed by atoms with van der Waals surface area (Å²) in [5.74, 6) is -0.518. The number of hydrazone groups is 1. The van der Waals surface area contributed by atoms with Crippen molar-refractivity contribution >= 4 is 35.2 Å². The Morgan fingerprint density at radius 3 is 2.54 bits per heavy atom. The molecule has 0 radical (unpaired) electrons. The van der Waals surface area contributed by atoms with Crippen LogP contribution in [0.25, 0.3) is 0 Å². The third kappa shape index (κ3) is 6.41. The molecule has 0 aromatic heterocycles. The van der Waals surface area contributed by atoms with Crippen molar-refractivity contribution in [3.05, 3.63) is 64.2 Å². The number of nitrogens with zero attached hydrogens (tertiary/aromatic N) is 3. The molecule has 0 aliphatic rings.